The lowest BCUT2D eigenvalue weighted by atomic mass is 10.1. The normalized spacial score (nSPS) is 25.4. The third kappa shape index (κ3) is 3.33. The molecule has 0 unspecified atom stereocenters. The van der Waals surface area contributed by atoms with E-state index in [9.17, 15) is 9.90 Å². The fourth-order valence-corrected chi connectivity index (χ4v) is 5.09. The predicted molar refractivity (Wildman–Crippen MR) is 113 cm³/mol. The summed E-state index contributed by atoms with van der Waals surface area (Å²) in [4.78, 5) is 20.5. The Morgan fingerprint density at radius 2 is 2.13 bits per heavy atom. The van der Waals surface area contributed by atoms with Crippen molar-refractivity contribution < 1.29 is 14.6 Å². The molecule has 2 aliphatic carbocycles. The van der Waals surface area contributed by atoms with E-state index in [4.69, 9.17) is 4.74 Å². The Balaban J connectivity index is 1.41. The highest BCUT2D eigenvalue weighted by molar-refractivity contribution is 5.87. The first-order chi connectivity index (χ1) is 14.6. The first kappa shape index (κ1) is 19.1. The van der Waals surface area contributed by atoms with Gasteiger partial charge in [0.1, 0.15) is 23.9 Å². The van der Waals surface area contributed by atoms with Crippen LogP contribution >= 0.6 is 0 Å². The topological polar surface area (TPSA) is 89.3 Å². The molecule has 2 aromatic heterocycles. The molecular formula is C23H26N4O3. The number of hydrogen-bond acceptors (Lipinski definition) is 6. The summed E-state index contributed by atoms with van der Waals surface area (Å²) in [6.07, 6.45) is 6.93. The fourth-order valence-electron chi connectivity index (χ4n) is 5.09. The lowest BCUT2D eigenvalue weighted by Crippen LogP contribution is -2.23. The van der Waals surface area contributed by atoms with Crippen LogP contribution in [0.3, 0.4) is 0 Å². The van der Waals surface area contributed by atoms with Crippen molar-refractivity contribution >= 4 is 22.8 Å². The fraction of sp³-hybridized carbons (Fsp3) is 0.435. The zero-order valence-electron chi connectivity index (χ0n) is 17.0. The van der Waals surface area contributed by atoms with Gasteiger partial charge < -0.3 is 19.7 Å². The lowest BCUT2D eigenvalue weighted by Gasteiger charge is -2.17. The van der Waals surface area contributed by atoms with Gasteiger partial charge in [0.2, 0.25) is 0 Å². The maximum Gasteiger partial charge on any atom is 0.302 e. The van der Waals surface area contributed by atoms with E-state index in [1.165, 1.54) is 18.1 Å². The number of benzene rings is 1. The Labute approximate surface area is 175 Å². The Morgan fingerprint density at radius 3 is 2.97 bits per heavy atom. The predicted octanol–water partition coefficient (Wildman–Crippen LogP) is 3.41. The quantitative estimate of drug-likeness (QED) is 0.631. The van der Waals surface area contributed by atoms with Gasteiger partial charge in [-0.2, -0.15) is 0 Å². The van der Waals surface area contributed by atoms with E-state index in [1.807, 2.05) is 12.3 Å². The Morgan fingerprint density at radius 1 is 1.27 bits per heavy atom. The number of carbonyl (C=O) groups excluding carboxylic acids is 1. The van der Waals surface area contributed by atoms with E-state index in [2.05, 4.69) is 44.1 Å². The monoisotopic (exact) mass is 406 g/mol. The summed E-state index contributed by atoms with van der Waals surface area (Å²) in [6, 6.07) is 11.0. The van der Waals surface area contributed by atoms with Gasteiger partial charge in [0.25, 0.3) is 0 Å². The maximum absolute atomic E-state index is 11.4. The molecule has 1 aromatic carbocycles. The standard InChI is InChI=1S/C23H26N4O3/c1-14(29)30-21-11-17(10-16(21)12-28)27-9-8-19-22(24-13-25-23(19)27)26-20-7-6-15-4-2-3-5-18(15)20/h2-5,8-9,13,16-17,20-21,28H,6-7,10-12H2,1H3,(H,24,25,26)/t16-,17-,20-,21-/m0/s1. The first-order valence-electron chi connectivity index (χ1n) is 10.6. The molecule has 7 nitrogen and oxygen atoms in total. The number of fused-ring (bicyclic) bond motifs is 2. The third-order valence-electron chi connectivity index (χ3n) is 6.50. The van der Waals surface area contributed by atoms with Crippen LogP contribution in [0.1, 0.15) is 49.4 Å². The van der Waals surface area contributed by atoms with Crippen molar-refractivity contribution in [2.24, 2.45) is 5.92 Å². The molecule has 3 aromatic rings. The molecule has 1 fully saturated rings. The zero-order valence-corrected chi connectivity index (χ0v) is 17.0. The molecule has 30 heavy (non-hydrogen) atoms. The van der Waals surface area contributed by atoms with Crippen LogP contribution in [0.15, 0.2) is 42.9 Å². The molecule has 0 radical (unpaired) electrons. The molecule has 1 saturated carbocycles. The van der Waals surface area contributed by atoms with Crippen molar-refractivity contribution in [3.63, 3.8) is 0 Å². The average Bonchev–Trinajstić information content (AvgIpc) is 3.45. The molecule has 0 spiro atoms. The highest BCUT2D eigenvalue weighted by atomic mass is 16.5. The van der Waals surface area contributed by atoms with Gasteiger partial charge in [0, 0.05) is 38.1 Å². The molecular weight excluding hydrogens is 380 g/mol. The molecule has 7 heteroatoms. The SMILES string of the molecule is CC(=O)O[C@H]1C[C@@H](n2ccc3c(N[C@H]4CCc5ccccc54)ncnc32)C[C@H]1CO. The first-order valence-corrected chi connectivity index (χ1v) is 10.6. The minimum Gasteiger partial charge on any atom is -0.462 e. The molecule has 0 amide bonds. The van der Waals surface area contributed by atoms with Crippen molar-refractivity contribution in [3.05, 3.63) is 54.0 Å². The summed E-state index contributed by atoms with van der Waals surface area (Å²) in [5.41, 5.74) is 3.61. The number of esters is 1. The van der Waals surface area contributed by atoms with Crippen molar-refractivity contribution in [1.82, 2.24) is 14.5 Å². The van der Waals surface area contributed by atoms with Crippen LogP contribution in [0.2, 0.25) is 0 Å². The van der Waals surface area contributed by atoms with Crippen LogP contribution in [-0.4, -0.2) is 38.3 Å². The van der Waals surface area contributed by atoms with Gasteiger partial charge in [-0.15, -0.1) is 0 Å². The number of nitrogens with zero attached hydrogens (tertiary/aromatic N) is 3. The van der Waals surface area contributed by atoms with Crippen molar-refractivity contribution in [1.29, 1.82) is 0 Å². The van der Waals surface area contributed by atoms with Gasteiger partial charge in [0.15, 0.2) is 0 Å². The summed E-state index contributed by atoms with van der Waals surface area (Å²) < 4.78 is 7.58. The smallest absolute Gasteiger partial charge is 0.302 e. The average molecular weight is 406 g/mol. The second-order valence-electron chi connectivity index (χ2n) is 8.33. The second kappa shape index (κ2) is 7.72. The van der Waals surface area contributed by atoms with Gasteiger partial charge in [-0.25, -0.2) is 9.97 Å². The van der Waals surface area contributed by atoms with Gasteiger partial charge in [-0.3, -0.25) is 4.79 Å². The summed E-state index contributed by atoms with van der Waals surface area (Å²) in [6.45, 7) is 1.43. The highest BCUT2D eigenvalue weighted by Gasteiger charge is 2.37. The molecule has 0 saturated heterocycles. The van der Waals surface area contributed by atoms with Crippen LogP contribution in [-0.2, 0) is 16.0 Å². The van der Waals surface area contributed by atoms with Gasteiger partial charge in [0.05, 0.1) is 11.4 Å². The highest BCUT2D eigenvalue weighted by Crippen LogP contribution is 2.40. The number of rotatable bonds is 5. The van der Waals surface area contributed by atoms with Crippen LogP contribution in [0, 0.1) is 5.92 Å². The van der Waals surface area contributed by atoms with E-state index in [-0.39, 0.29) is 36.7 Å². The summed E-state index contributed by atoms with van der Waals surface area (Å²) in [5.74, 6) is 0.488. The number of nitrogens with one attached hydrogen (secondary N) is 1. The number of hydrogen-bond donors (Lipinski definition) is 2. The van der Waals surface area contributed by atoms with Crippen LogP contribution in [0.4, 0.5) is 5.82 Å². The minimum atomic E-state index is -0.304. The minimum absolute atomic E-state index is 0.0104. The molecule has 2 heterocycles. The molecule has 2 aliphatic rings. The zero-order chi connectivity index (χ0) is 20.7. The number of anilines is 1. The van der Waals surface area contributed by atoms with Crippen LogP contribution in [0.5, 0.6) is 0 Å². The largest absolute Gasteiger partial charge is 0.462 e. The molecule has 156 valence electrons. The van der Waals surface area contributed by atoms with Gasteiger partial charge in [-0.1, -0.05) is 24.3 Å². The number of ether oxygens (including phenoxy) is 1. The molecule has 0 bridgehead atoms. The van der Waals surface area contributed by atoms with E-state index in [1.54, 1.807) is 6.33 Å². The van der Waals surface area contributed by atoms with Gasteiger partial charge in [-0.05, 0) is 36.5 Å². The Kier molecular flexibility index (Phi) is 4.90. The third-order valence-corrected chi connectivity index (χ3v) is 6.50. The maximum atomic E-state index is 11.4. The molecule has 2 N–H and O–H groups in total. The van der Waals surface area contributed by atoms with Crippen molar-refractivity contribution in [2.75, 3.05) is 11.9 Å². The Hall–Kier alpha value is -2.93. The molecule has 4 atom stereocenters. The summed E-state index contributed by atoms with van der Waals surface area (Å²) in [7, 11) is 0. The van der Waals surface area contributed by atoms with E-state index in [0.29, 0.717) is 6.42 Å². The van der Waals surface area contributed by atoms with Crippen molar-refractivity contribution in [3.8, 4) is 0 Å². The van der Waals surface area contributed by atoms with E-state index in [0.717, 1.165) is 36.1 Å². The van der Waals surface area contributed by atoms with E-state index < -0.39 is 0 Å². The molecule has 0 aliphatic heterocycles. The number of aliphatic hydroxyl groups excluding tert-OH is 1. The number of aryl methyl sites for hydroxylation is 1. The molecule has 5 rings (SSSR count). The lowest BCUT2D eigenvalue weighted by molar-refractivity contribution is -0.148. The van der Waals surface area contributed by atoms with Crippen LogP contribution in [0.25, 0.3) is 11.0 Å². The van der Waals surface area contributed by atoms with Crippen LogP contribution < -0.4 is 5.32 Å². The summed E-state index contributed by atoms with van der Waals surface area (Å²) >= 11 is 0. The second-order valence-corrected chi connectivity index (χ2v) is 8.33. The van der Waals surface area contributed by atoms with E-state index >= 15 is 0 Å². The number of aliphatic hydroxyl groups is 1. The summed E-state index contributed by atoms with van der Waals surface area (Å²) in [5, 5.41) is 14.3. The van der Waals surface area contributed by atoms with Crippen molar-refractivity contribution in [2.45, 2.75) is 50.8 Å². The van der Waals surface area contributed by atoms with Gasteiger partial charge >= 0.3 is 5.97 Å². The number of carbonyl (C=O) groups is 1. The number of aromatic nitrogens is 3. The Bertz CT molecular complexity index is 1080.